The van der Waals surface area contributed by atoms with Gasteiger partial charge in [-0.25, -0.2) is 4.98 Å². The van der Waals surface area contributed by atoms with Crippen LogP contribution in [-0.4, -0.2) is 45.0 Å². The largest absolute Gasteiger partial charge is 0.339 e. The average Bonchev–Trinajstić information content (AvgIpc) is 2.52. The summed E-state index contributed by atoms with van der Waals surface area (Å²) in [5.74, 6) is 1.95. The summed E-state index contributed by atoms with van der Waals surface area (Å²) in [6.45, 7) is 3.31. The van der Waals surface area contributed by atoms with Crippen LogP contribution in [0.4, 0.5) is 0 Å². The van der Waals surface area contributed by atoms with Crippen LogP contribution < -0.4 is 5.56 Å². The van der Waals surface area contributed by atoms with Crippen LogP contribution in [-0.2, 0) is 11.3 Å². The number of hydrogen-bond donors (Lipinski definition) is 0. The number of rotatable bonds is 2. The van der Waals surface area contributed by atoms with Crippen LogP contribution in [0.25, 0.3) is 11.0 Å². The van der Waals surface area contributed by atoms with Gasteiger partial charge in [-0.15, -0.1) is 0 Å². The molecule has 110 valence electrons. The van der Waals surface area contributed by atoms with Gasteiger partial charge in [-0.2, -0.15) is 11.8 Å². The molecule has 1 aromatic carbocycles. The fourth-order valence-corrected chi connectivity index (χ4v) is 3.43. The molecular formula is C15H17N3O2S. The minimum absolute atomic E-state index is 0.00755. The van der Waals surface area contributed by atoms with Gasteiger partial charge in [0.15, 0.2) is 0 Å². The number of nitrogens with zero attached hydrogens (tertiary/aromatic N) is 3. The Bertz CT molecular complexity index is 735. The highest BCUT2D eigenvalue weighted by atomic mass is 32.2. The number of benzene rings is 1. The zero-order valence-electron chi connectivity index (χ0n) is 11.9. The van der Waals surface area contributed by atoms with Crippen LogP contribution >= 0.6 is 11.8 Å². The molecule has 0 unspecified atom stereocenters. The normalized spacial score (nSPS) is 15.4. The second-order valence-corrected chi connectivity index (χ2v) is 6.30. The molecule has 1 aliphatic heterocycles. The molecule has 0 N–H and O–H groups in total. The second kappa shape index (κ2) is 5.89. The maximum atomic E-state index is 12.4. The van der Waals surface area contributed by atoms with Crippen LogP contribution in [0.3, 0.4) is 0 Å². The molecule has 0 aliphatic carbocycles. The Morgan fingerprint density at radius 2 is 2.00 bits per heavy atom. The minimum atomic E-state index is -0.187. The maximum Gasteiger partial charge on any atom is 0.272 e. The van der Waals surface area contributed by atoms with Crippen LogP contribution in [0.15, 0.2) is 29.1 Å². The monoisotopic (exact) mass is 303 g/mol. The maximum absolute atomic E-state index is 12.4. The quantitative estimate of drug-likeness (QED) is 0.838. The van der Waals surface area contributed by atoms with Crippen molar-refractivity contribution in [2.75, 3.05) is 24.6 Å². The molecule has 2 aromatic rings. The van der Waals surface area contributed by atoms with E-state index in [1.54, 1.807) is 11.5 Å². The van der Waals surface area contributed by atoms with Gasteiger partial charge in [0.25, 0.3) is 5.56 Å². The van der Waals surface area contributed by atoms with E-state index in [0.717, 1.165) is 30.1 Å². The summed E-state index contributed by atoms with van der Waals surface area (Å²) < 4.78 is 1.54. The highest BCUT2D eigenvalue weighted by Gasteiger charge is 2.19. The summed E-state index contributed by atoms with van der Waals surface area (Å²) in [5, 5.41) is 0. The summed E-state index contributed by atoms with van der Waals surface area (Å²) in [6, 6.07) is 7.44. The summed E-state index contributed by atoms with van der Waals surface area (Å²) in [4.78, 5) is 30.9. The van der Waals surface area contributed by atoms with E-state index >= 15 is 0 Å². The second-order valence-electron chi connectivity index (χ2n) is 5.07. The number of hydrogen-bond acceptors (Lipinski definition) is 4. The van der Waals surface area contributed by atoms with E-state index in [9.17, 15) is 9.59 Å². The molecule has 1 aliphatic rings. The van der Waals surface area contributed by atoms with Crippen molar-refractivity contribution in [3.05, 3.63) is 40.3 Å². The Kier molecular flexibility index (Phi) is 3.96. The van der Waals surface area contributed by atoms with E-state index < -0.39 is 0 Å². The van der Waals surface area contributed by atoms with Crippen molar-refractivity contribution in [1.82, 2.24) is 14.5 Å². The average molecular weight is 303 g/mol. The van der Waals surface area contributed by atoms with Crippen molar-refractivity contribution < 1.29 is 4.79 Å². The first kappa shape index (κ1) is 14.1. The van der Waals surface area contributed by atoms with Crippen LogP contribution in [0.2, 0.25) is 0 Å². The molecule has 1 saturated heterocycles. The summed E-state index contributed by atoms with van der Waals surface area (Å²) in [5.41, 5.74) is 1.70. The molecule has 6 heteroatoms. The molecule has 0 spiro atoms. The van der Waals surface area contributed by atoms with Gasteiger partial charge in [-0.1, -0.05) is 12.1 Å². The number of carbonyl (C=O) groups excluding carboxylic acids is 1. The van der Waals surface area contributed by atoms with E-state index in [2.05, 4.69) is 4.98 Å². The van der Waals surface area contributed by atoms with Gasteiger partial charge in [0.05, 0.1) is 11.0 Å². The smallest absolute Gasteiger partial charge is 0.272 e. The lowest BCUT2D eigenvalue weighted by Crippen LogP contribution is -2.41. The van der Waals surface area contributed by atoms with Crippen LogP contribution in [0.5, 0.6) is 0 Å². The SMILES string of the molecule is Cc1nc2ccccc2n(CC(=O)N2CCSCC2)c1=O. The topological polar surface area (TPSA) is 55.2 Å². The predicted molar refractivity (Wildman–Crippen MR) is 84.6 cm³/mol. The van der Waals surface area contributed by atoms with E-state index in [-0.39, 0.29) is 18.0 Å². The molecule has 1 fully saturated rings. The van der Waals surface area contributed by atoms with E-state index in [4.69, 9.17) is 0 Å². The molecule has 21 heavy (non-hydrogen) atoms. The number of amides is 1. The predicted octanol–water partition coefficient (Wildman–Crippen LogP) is 1.28. The van der Waals surface area contributed by atoms with Crippen molar-refractivity contribution in [3.8, 4) is 0 Å². The number of carbonyl (C=O) groups is 1. The summed E-state index contributed by atoms with van der Waals surface area (Å²) >= 11 is 1.86. The third-order valence-electron chi connectivity index (χ3n) is 3.67. The Balaban J connectivity index is 1.97. The number of aromatic nitrogens is 2. The Labute approximate surface area is 127 Å². The number of thioether (sulfide) groups is 1. The summed E-state index contributed by atoms with van der Waals surface area (Å²) in [7, 11) is 0. The van der Waals surface area contributed by atoms with Gasteiger partial charge >= 0.3 is 0 Å². The fraction of sp³-hybridized carbons (Fsp3) is 0.400. The van der Waals surface area contributed by atoms with Gasteiger partial charge in [0.2, 0.25) is 5.91 Å². The van der Waals surface area contributed by atoms with Crippen LogP contribution in [0.1, 0.15) is 5.69 Å². The lowest BCUT2D eigenvalue weighted by atomic mass is 10.2. The zero-order valence-corrected chi connectivity index (χ0v) is 12.7. The molecule has 0 radical (unpaired) electrons. The molecule has 0 bridgehead atoms. The molecule has 1 amide bonds. The third-order valence-corrected chi connectivity index (χ3v) is 4.62. The van der Waals surface area contributed by atoms with Gasteiger partial charge in [0.1, 0.15) is 12.2 Å². The van der Waals surface area contributed by atoms with E-state index in [1.807, 2.05) is 40.9 Å². The van der Waals surface area contributed by atoms with Crippen molar-refractivity contribution in [2.45, 2.75) is 13.5 Å². The fourth-order valence-electron chi connectivity index (χ4n) is 2.53. The standard InChI is InChI=1S/C15H17N3O2S/c1-11-15(20)18(13-5-3-2-4-12(13)16-11)10-14(19)17-6-8-21-9-7-17/h2-5H,6-10H2,1H3. The zero-order chi connectivity index (χ0) is 14.8. The lowest BCUT2D eigenvalue weighted by Gasteiger charge is -2.26. The van der Waals surface area contributed by atoms with Crippen molar-refractivity contribution >= 4 is 28.7 Å². The first-order valence-corrected chi connectivity index (χ1v) is 8.14. The van der Waals surface area contributed by atoms with Gasteiger partial charge in [-0.3, -0.25) is 14.2 Å². The first-order valence-electron chi connectivity index (χ1n) is 6.98. The molecule has 0 saturated carbocycles. The highest BCUT2D eigenvalue weighted by molar-refractivity contribution is 7.99. The lowest BCUT2D eigenvalue weighted by molar-refractivity contribution is -0.131. The number of aryl methyl sites for hydroxylation is 1. The van der Waals surface area contributed by atoms with Gasteiger partial charge in [-0.05, 0) is 19.1 Å². The van der Waals surface area contributed by atoms with Gasteiger partial charge in [0, 0.05) is 24.6 Å². The molecule has 5 nitrogen and oxygen atoms in total. The minimum Gasteiger partial charge on any atom is -0.339 e. The van der Waals surface area contributed by atoms with E-state index in [1.165, 1.54) is 0 Å². The molecule has 1 aromatic heterocycles. The molecule has 3 rings (SSSR count). The molecule has 2 heterocycles. The summed E-state index contributed by atoms with van der Waals surface area (Å²) in [6.07, 6.45) is 0. The van der Waals surface area contributed by atoms with Crippen molar-refractivity contribution in [1.29, 1.82) is 0 Å². The Hall–Kier alpha value is -1.82. The number of para-hydroxylation sites is 2. The first-order chi connectivity index (χ1) is 10.2. The Morgan fingerprint density at radius 1 is 1.29 bits per heavy atom. The van der Waals surface area contributed by atoms with Crippen molar-refractivity contribution in [2.24, 2.45) is 0 Å². The third kappa shape index (κ3) is 2.81. The van der Waals surface area contributed by atoms with Gasteiger partial charge < -0.3 is 4.90 Å². The molecule has 0 atom stereocenters. The van der Waals surface area contributed by atoms with Crippen molar-refractivity contribution in [3.63, 3.8) is 0 Å². The van der Waals surface area contributed by atoms with Crippen LogP contribution in [0, 0.1) is 6.92 Å². The highest BCUT2D eigenvalue weighted by Crippen LogP contribution is 2.12. The molecular weight excluding hydrogens is 286 g/mol. The Morgan fingerprint density at radius 3 is 2.76 bits per heavy atom. The van der Waals surface area contributed by atoms with E-state index in [0.29, 0.717) is 11.2 Å². The number of fused-ring (bicyclic) bond motifs is 1.